The molecule has 5 heteroatoms. The lowest BCUT2D eigenvalue weighted by Gasteiger charge is -2.33. The molecule has 0 aliphatic heterocycles. The fourth-order valence-corrected chi connectivity index (χ4v) is 5.41. The van der Waals surface area contributed by atoms with Crippen molar-refractivity contribution in [2.45, 2.75) is 69.8 Å². The van der Waals surface area contributed by atoms with E-state index in [1.54, 1.807) is 24.3 Å². The maximum Gasteiger partial charge on any atom is 0.168 e. The van der Waals surface area contributed by atoms with Gasteiger partial charge in [0.1, 0.15) is 22.8 Å². The van der Waals surface area contributed by atoms with Crippen LogP contribution in [-0.2, 0) is 16.1 Å². The highest BCUT2D eigenvalue weighted by Gasteiger charge is 2.45. The minimum atomic E-state index is -2.59. The number of benzene rings is 3. The number of hydrogen-bond donors (Lipinski definition) is 1. The predicted molar refractivity (Wildman–Crippen MR) is 137 cm³/mol. The first-order chi connectivity index (χ1) is 16.0. The maximum atomic E-state index is 11.1. The predicted octanol–water partition coefficient (Wildman–Crippen LogP) is 7.12. The van der Waals surface area contributed by atoms with Gasteiger partial charge in [-0.05, 0) is 105 Å². The van der Waals surface area contributed by atoms with E-state index >= 15 is 0 Å². The highest BCUT2D eigenvalue weighted by atomic mass is 32.2. The number of ether oxygens (including phenoxy) is 2. The minimum absolute atomic E-state index is 0.0522. The Morgan fingerprint density at radius 1 is 0.706 bits per heavy atom. The monoisotopic (exact) mass is 478 g/mol. The molecule has 1 atom stereocenters. The molecule has 1 fully saturated rings. The molecule has 0 saturated heterocycles. The summed E-state index contributed by atoms with van der Waals surface area (Å²) in [6.07, 6.45) is 3.34. The number of thiol groups is 1. The van der Waals surface area contributed by atoms with Crippen molar-refractivity contribution in [3.05, 3.63) is 83.9 Å². The minimum Gasteiger partial charge on any atom is -0.488 e. The van der Waals surface area contributed by atoms with Crippen molar-refractivity contribution in [2.24, 2.45) is 5.41 Å². The van der Waals surface area contributed by atoms with Crippen LogP contribution in [0.3, 0.4) is 0 Å². The van der Waals surface area contributed by atoms with Gasteiger partial charge < -0.3 is 9.47 Å². The molecular weight excluding hydrogens is 444 g/mol. The fraction of sp³-hybridized carbons (Fsp3) is 0.379. The molecule has 0 heterocycles. The summed E-state index contributed by atoms with van der Waals surface area (Å²) in [5.41, 5.74) is 2.59. The van der Waals surface area contributed by atoms with Crippen LogP contribution in [-0.4, -0.2) is 14.0 Å². The summed E-state index contributed by atoms with van der Waals surface area (Å²) in [5.74, 6) is 2.23. The summed E-state index contributed by atoms with van der Waals surface area (Å²) >= 11 is 0. The lowest BCUT2D eigenvalue weighted by Crippen LogP contribution is -2.26. The van der Waals surface area contributed by atoms with E-state index in [4.69, 9.17) is 9.47 Å². The van der Waals surface area contributed by atoms with E-state index in [9.17, 15) is 8.42 Å². The van der Waals surface area contributed by atoms with Crippen LogP contribution in [0.4, 0.5) is 0 Å². The van der Waals surface area contributed by atoms with Crippen LogP contribution in [0.2, 0.25) is 0 Å². The Balaban J connectivity index is 1.60. The summed E-state index contributed by atoms with van der Waals surface area (Å²) in [6, 6.07) is 23.4. The second-order valence-electron chi connectivity index (χ2n) is 11.0. The van der Waals surface area contributed by atoms with Gasteiger partial charge in [0, 0.05) is 5.41 Å². The topological polar surface area (TPSA) is 52.6 Å². The summed E-state index contributed by atoms with van der Waals surface area (Å²) < 4.78 is 34.2. The highest BCUT2D eigenvalue weighted by molar-refractivity contribution is 7.72. The van der Waals surface area contributed by atoms with Crippen molar-refractivity contribution in [2.75, 3.05) is 0 Å². The van der Waals surface area contributed by atoms with Crippen LogP contribution in [0.1, 0.15) is 65.0 Å². The van der Waals surface area contributed by atoms with Gasteiger partial charge in [-0.3, -0.25) is 0 Å². The van der Waals surface area contributed by atoms with Crippen molar-refractivity contribution in [3.63, 3.8) is 0 Å². The maximum absolute atomic E-state index is 11.1. The molecule has 180 valence electrons. The first kappa shape index (κ1) is 24.3. The van der Waals surface area contributed by atoms with Crippen LogP contribution in [0, 0.1) is 5.41 Å². The van der Waals surface area contributed by atoms with E-state index in [1.807, 2.05) is 12.1 Å². The molecule has 0 amide bonds. The van der Waals surface area contributed by atoms with E-state index in [0.717, 1.165) is 24.3 Å². The molecule has 4 rings (SSSR count). The Morgan fingerprint density at radius 3 is 1.59 bits per heavy atom. The number of rotatable bonds is 6. The van der Waals surface area contributed by atoms with Crippen molar-refractivity contribution < 1.29 is 17.9 Å². The van der Waals surface area contributed by atoms with E-state index in [2.05, 4.69) is 71.0 Å². The average molecular weight is 479 g/mol. The van der Waals surface area contributed by atoms with Gasteiger partial charge in [-0.25, -0.2) is 8.42 Å². The van der Waals surface area contributed by atoms with Crippen molar-refractivity contribution in [3.8, 4) is 17.2 Å². The zero-order valence-electron chi connectivity index (χ0n) is 20.6. The standard InChI is InChI=1S/C29H34O4S/c1-27(2,3)33-25-12-8-22(9-13-25)29(19-18-28(4,5)20-29)21-6-10-23(11-7-21)32-24-14-16-26(17-15-24)34(30)31/h6-17,34H,18-20H2,1-5H3. The fourth-order valence-electron chi connectivity index (χ4n) is 5.01. The van der Waals surface area contributed by atoms with Crippen molar-refractivity contribution in [1.29, 1.82) is 0 Å². The Morgan fingerprint density at radius 2 is 1.18 bits per heavy atom. The van der Waals surface area contributed by atoms with Crippen LogP contribution in [0.15, 0.2) is 77.7 Å². The Labute approximate surface area is 204 Å². The van der Waals surface area contributed by atoms with Gasteiger partial charge in [0.15, 0.2) is 10.7 Å². The van der Waals surface area contributed by atoms with Gasteiger partial charge in [-0.1, -0.05) is 38.1 Å². The quantitative estimate of drug-likeness (QED) is 0.383. The third-order valence-electron chi connectivity index (χ3n) is 6.53. The Bertz CT molecular complexity index is 1190. The van der Waals surface area contributed by atoms with Crippen LogP contribution in [0.25, 0.3) is 0 Å². The van der Waals surface area contributed by atoms with Crippen LogP contribution >= 0.6 is 0 Å². The lowest BCUT2D eigenvalue weighted by atomic mass is 9.71. The second kappa shape index (κ2) is 9.10. The van der Waals surface area contributed by atoms with Gasteiger partial charge >= 0.3 is 0 Å². The molecule has 0 spiro atoms. The average Bonchev–Trinajstić information content (AvgIpc) is 3.10. The second-order valence-corrected chi connectivity index (χ2v) is 12.1. The van der Waals surface area contributed by atoms with Crippen LogP contribution < -0.4 is 9.47 Å². The highest BCUT2D eigenvalue weighted by Crippen LogP contribution is 2.54. The summed E-state index contributed by atoms with van der Waals surface area (Å²) in [5, 5.41) is 0. The number of hydrogen-bond acceptors (Lipinski definition) is 4. The molecule has 0 aromatic heterocycles. The van der Waals surface area contributed by atoms with Crippen molar-refractivity contribution in [1.82, 2.24) is 0 Å². The first-order valence-corrected chi connectivity index (χ1v) is 13.0. The van der Waals surface area contributed by atoms with Crippen LogP contribution in [0.5, 0.6) is 17.2 Å². The molecular formula is C29H34O4S. The SMILES string of the molecule is CC1(C)CCC(c2ccc(Oc3ccc([SH](=O)=O)cc3)cc2)(c2ccc(OC(C)(C)C)cc2)C1. The van der Waals surface area contributed by atoms with Gasteiger partial charge in [-0.2, -0.15) is 0 Å². The summed E-state index contributed by atoms with van der Waals surface area (Å²) in [7, 11) is -2.59. The summed E-state index contributed by atoms with van der Waals surface area (Å²) in [4.78, 5) is 0.280. The van der Waals surface area contributed by atoms with E-state index in [1.165, 1.54) is 17.5 Å². The van der Waals surface area contributed by atoms with Gasteiger partial charge in [0.2, 0.25) is 0 Å². The largest absolute Gasteiger partial charge is 0.488 e. The van der Waals surface area contributed by atoms with Gasteiger partial charge in [-0.15, -0.1) is 0 Å². The Kier molecular flexibility index (Phi) is 6.52. The summed E-state index contributed by atoms with van der Waals surface area (Å²) in [6.45, 7) is 10.9. The van der Waals surface area contributed by atoms with Gasteiger partial charge in [0.05, 0.1) is 4.90 Å². The van der Waals surface area contributed by atoms with Gasteiger partial charge in [0.25, 0.3) is 0 Å². The molecule has 1 unspecified atom stereocenters. The normalized spacial score (nSPS) is 19.8. The Hall–Kier alpha value is -2.79. The zero-order valence-corrected chi connectivity index (χ0v) is 21.5. The molecule has 4 nitrogen and oxygen atoms in total. The lowest BCUT2D eigenvalue weighted by molar-refractivity contribution is 0.131. The molecule has 34 heavy (non-hydrogen) atoms. The molecule has 0 N–H and O–H groups in total. The smallest absolute Gasteiger partial charge is 0.168 e. The van der Waals surface area contributed by atoms with Crippen molar-refractivity contribution >= 4 is 10.7 Å². The van der Waals surface area contributed by atoms with E-state index < -0.39 is 10.7 Å². The molecule has 1 aliphatic rings. The molecule has 3 aromatic rings. The molecule has 1 aliphatic carbocycles. The third-order valence-corrected chi connectivity index (χ3v) is 7.25. The third kappa shape index (κ3) is 5.47. The molecule has 1 saturated carbocycles. The van der Waals surface area contributed by atoms with E-state index in [0.29, 0.717) is 5.75 Å². The molecule has 0 bridgehead atoms. The van der Waals surface area contributed by atoms with E-state index in [-0.39, 0.29) is 21.3 Å². The molecule has 0 radical (unpaired) electrons. The first-order valence-electron chi connectivity index (χ1n) is 11.8. The molecule has 3 aromatic carbocycles. The zero-order chi connectivity index (χ0) is 24.6.